The summed E-state index contributed by atoms with van der Waals surface area (Å²) in [4.78, 5) is 4.35. The summed E-state index contributed by atoms with van der Waals surface area (Å²) in [6.07, 6.45) is 2.66. The molecule has 0 bridgehead atoms. The molecule has 1 heterocycles. The maximum absolute atomic E-state index is 9.59. The zero-order chi connectivity index (χ0) is 13.2. The molecule has 0 aliphatic heterocycles. The normalized spacial score (nSPS) is 14.4. The van der Waals surface area contributed by atoms with Crippen LogP contribution in [-0.2, 0) is 0 Å². The molecule has 0 fully saturated rings. The lowest BCUT2D eigenvalue weighted by molar-refractivity contribution is 0.476. The molecule has 0 aliphatic rings. The van der Waals surface area contributed by atoms with Crippen molar-refractivity contribution in [3.63, 3.8) is 0 Å². The van der Waals surface area contributed by atoms with Gasteiger partial charge >= 0.3 is 0 Å². The average molecular weight is 245 g/mol. The van der Waals surface area contributed by atoms with E-state index in [1.165, 1.54) is 0 Å². The molecule has 0 aliphatic carbocycles. The van der Waals surface area contributed by atoms with E-state index in [9.17, 15) is 5.11 Å². The van der Waals surface area contributed by atoms with E-state index in [0.717, 1.165) is 23.0 Å². The van der Waals surface area contributed by atoms with Crippen LogP contribution >= 0.6 is 0 Å². The van der Waals surface area contributed by atoms with Crippen molar-refractivity contribution in [1.82, 2.24) is 4.98 Å². The van der Waals surface area contributed by atoms with Crippen LogP contribution in [0.25, 0.3) is 10.8 Å². The minimum Gasteiger partial charge on any atom is -0.508 e. The van der Waals surface area contributed by atoms with Crippen LogP contribution in [0.5, 0.6) is 5.75 Å². The van der Waals surface area contributed by atoms with Crippen molar-refractivity contribution in [2.75, 3.05) is 11.9 Å². The first-order valence-corrected chi connectivity index (χ1v) is 6.14. The number of pyridine rings is 1. The van der Waals surface area contributed by atoms with Gasteiger partial charge in [-0.15, -0.1) is 0 Å². The van der Waals surface area contributed by atoms with Gasteiger partial charge in [-0.25, -0.2) is 4.98 Å². The largest absolute Gasteiger partial charge is 0.508 e. The predicted octanol–water partition coefficient (Wildman–Crippen LogP) is 2.48. The van der Waals surface area contributed by atoms with Gasteiger partial charge in [0.05, 0.1) is 0 Å². The smallest absolute Gasteiger partial charge is 0.134 e. The Morgan fingerprint density at radius 1 is 1.39 bits per heavy atom. The Hall–Kier alpha value is -1.81. The number of rotatable bonds is 4. The fourth-order valence-corrected chi connectivity index (χ4v) is 1.83. The van der Waals surface area contributed by atoms with Crippen molar-refractivity contribution in [2.45, 2.75) is 25.8 Å². The highest BCUT2D eigenvalue weighted by Crippen LogP contribution is 2.27. The minimum absolute atomic E-state index is 0.188. The quantitative estimate of drug-likeness (QED) is 0.774. The van der Waals surface area contributed by atoms with Crippen LogP contribution in [0.4, 0.5) is 5.82 Å². The number of aromatic nitrogens is 1. The number of fused-ring (bicyclic) bond motifs is 1. The summed E-state index contributed by atoms with van der Waals surface area (Å²) in [6.45, 7) is 4.68. The lowest BCUT2D eigenvalue weighted by Crippen LogP contribution is -2.42. The Balaban J connectivity index is 2.47. The predicted molar refractivity (Wildman–Crippen MR) is 74.8 cm³/mol. The summed E-state index contributed by atoms with van der Waals surface area (Å²) in [6, 6.07) is 7.19. The Morgan fingerprint density at radius 2 is 2.17 bits per heavy atom. The molecule has 2 aromatic rings. The van der Waals surface area contributed by atoms with Gasteiger partial charge in [0.25, 0.3) is 0 Å². The van der Waals surface area contributed by atoms with E-state index >= 15 is 0 Å². The highest BCUT2D eigenvalue weighted by atomic mass is 16.3. The van der Waals surface area contributed by atoms with Gasteiger partial charge in [-0.1, -0.05) is 13.0 Å². The second-order valence-corrected chi connectivity index (χ2v) is 4.81. The van der Waals surface area contributed by atoms with Crippen LogP contribution in [-0.4, -0.2) is 22.2 Å². The summed E-state index contributed by atoms with van der Waals surface area (Å²) in [7, 11) is 0. The standard InChI is InChI=1S/C14H19N3O/c1-3-14(2,9-15)17-13-12-8-11(18)5-4-10(12)6-7-16-13/h4-8,18H,3,9,15H2,1-2H3,(H,16,17). The molecule has 0 saturated carbocycles. The van der Waals surface area contributed by atoms with Gasteiger partial charge in [0.1, 0.15) is 11.6 Å². The summed E-state index contributed by atoms with van der Waals surface area (Å²) in [5.74, 6) is 1.00. The van der Waals surface area contributed by atoms with Gasteiger partial charge in [-0.05, 0) is 36.9 Å². The van der Waals surface area contributed by atoms with Gasteiger partial charge in [0.2, 0.25) is 0 Å². The molecule has 4 nitrogen and oxygen atoms in total. The zero-order valence-electron chi connectivity index (χ0n) is 10.8. The van der Waals surface area contributed by atoms with E-state index in [0.29, 0.717) is 6.54 Å². The highest BCUT2D eigenvalue weighted by molar-refractivity contribution is 5.92. The summed E-state index contributed by atoms with van der Waals surface area (Å²) >= 11 is 0. The van der Waals surface area contributed by atoms with E-state index in [4.69, 9.17) is 5.73 Å². The number of nitrogens with two attached hydrogens (primary N) is 1. The van der Waals surface area contributed by atoms with Gasteiger partial charge in [-0.2, -0.15) is 0 Å². The summed E-state index contributed by atoms with van der Waals surface area (Å²) < 4.78 is 0. The van der Waals surface area contributed by atoms with Crippen molar-refractivity contribution >= 4 is 16.6 Å². The number of nitrogens with zero attached hydrogens (tertiary/aromatic N) is 1. The van der Waals surface area contributed by atoms with Gasteiger partial charge < -0.3 is 16.2 Å². The second kappa shape index (κ2) is 4.82. The minimum atomic E-state index is -0.188. The van der Waals surface area contributed by atoms with Gasteiger partial charge in [0.15, 0.2) is 0 Å². The molecule has 4 N–H and O–H groups in total. The topological polar surface area (TPSA) is 71.2 Å². The molecule has 1 aromatic carbocycles. The first kappa shape index (κ1) is 12.6. The Bertz CT molecular complexity index is 550. The van der Waals surface area contributed by atoms with E-state index in [1.54, 1.807) is 18.3 Å². The van der Waals surface area contributed by atoms with Crippen LogP contribution in [0.2, 0.25) is 0 Å². The molecule has 1 aromatic heterocycles. The molecule has 0 spiro atoms. The molecule has 0 saturated heterocycles. The number of hydrogen-bond donors (Lipinski definition) is 3. The van der Waals surface area contributed by atoms with Crippen molar-refractivity contribution in [2.24, 2.45) is 5.73 Å². The zero-order valence-corrected chi connectivity index (χ0v) is 10.8. The number of hydrogen-bond acceptors (Lipinski definition) is 4. The molecule has 1 unspecified atom stereocenters. The third-order valence-corrected chi connectivity index (χ3v) is 3.40. The highest BCUT2D eigenvalue weighted by Gasteiger charge is 2.20. The second-order valence-electron chi connectivity index (χ2n) is 4.81. The van der Waals surface area contributed by atoms with E-state index < -0.39 is 0 Å². The van der Waals surface area contributed by atoms with Crippen molar-refractivity contribution < 1.29 is 5.11 Å². The van der Waals surface area contributed by atoms with Crippen LogP contribution in [0.3, 0.4) is 0 Å². The van der Waals surface area contributed by atoms with E-state index in [-0.39, 0.29) is 11.3 Å². The summed E-state index contributed by atoms with van der Waals surface area (Å²) in [5, 5.41) is 14.9. The van der Waals surface area contributed by atoms with Crippen molar-refractivity contribution in [3.8, 4) is 5.75 Å². The molecule has 0 amide bonds. The molecule has 4 heteroatoms. The molecule has 0 radical (unpaired) electrons. The maximum atomic E-state index is 9.59. The van der Waals surface area contributed by atoms with Crippen LogP contribution in [0.1, 0.15) is 20.3 Å². The van der Waals surface area contributed by atoms with E-state index in [1.807, 2.05) is 12.1 Å². The molecule has 1 atom stereocenters. The van der Waals surface area contributed by atoms with Crippen LogP contribution in [0, 0.1) is 0 Å². The Labute approximate surface area is 107 Å². The molecule has 96 valence electrons. The molecular formula is C14H19N3O. The maximum Gasteiger partial charge on any atom is 0.134 e. The monoisotopic (exact) mass is 245 g/mol. The van der Waals surface area contributed by atoms with Crippen LogP contribution in [0.15, 0.2) is 30.5 Å². The SMILES string of the molecule is CCC(C)(CN)Nc1nccc2ccc(O)cc12. The lowest BCUT2D eigenvalue weighted by atomic mass is 9.99. The Morgan fingerprint density at radius 3 is 2.83 bits per heavy atom. The number of phenolic OH excluding ortho intramolecular Hbond substituents is 1. The number of anilines is 1. The first-order chi connectivity index (χ1) is 8.58. The van der Waals surface area contributed by atoms with Crippen molar-refractivity contribution in [1.29, 1.82) is 0 Å². The fourth-order valence-electron chi connectivity index (χ4n) is 1.83. The molecule has 18 heavy (non-hydrogen) atoms. The van der Waals surface area contributed by atoms with E-state index in [2.05, 4.69) is 24.1 Å². The van der Waals surface area contributed by atoms with Gasteiger partial charge in [0, 0.05) is 23.7 Å². The van der Waals surface area contributed by atoms with Crippen LogP contribution < -0.4 is 11.1 Å². The summed E-state index contributed by atoms with van der Waals surface area (Å²) in [5.41, 5.74) is 5.61. The first-order valence-electron chi connectivity index (χ1n) is 6.14. The number of aromatic hydroxyl groups is 1. The third kappa shape index (κ3) is 2.38. The van der Waals surface area contributed by atoms with Crippen molar-refractivity contribution in [3.05, 3.63) is 30.5 Å². The molecular weight excluding hydrogens is 226 g/mol. The fraction of sp³-hybridized carbons (Fsp3) is 0.357. The number of phenols is 1. The van der Waals surface area contributed by atoms with Gasteiger partial charge in [-0.3, -0.25) is 0 Å². The third-order valence-electron chi connectivity index (χ3n) is 3.40. The number of nitrogens with one attached hydrogen (secondary N) is 1. The molecule has 2 rings (SSSR count). The number of benzene rings is 1. The average Bonchev–Trinajstić information content (AvgIpc) is 2.39. The lowest BCUT2D eigenvalue weighted by Gasteiger charge is -2.29. The Kier molecular flexibility index (Phi) is 3.39.